The summed E-state index contributed by atoms with van der Waals surface area (Å²) >= 11 is 0. The molecule has 3 aliphatic rings. The lowest BCUT2D eigenvalue weighted by molar-refractivity contribution is -0.0548. The summed E-state index contributed by atoms with van der Waals surface area (Å²) < 4.78 is 11.4. The van der Waals surface area contributed by atoms with Gasteiger partial charge in [0.1, 0.15) is 6.10 Å². The van der Waals surface area contributed by atoms with Crippen LogP contribution in [0.1, 0.15) is 56.0 Å². The average molecular weight is 278 g/mol. The van der Waals surface area contributed by atoms with Crippen molar-refractivity contribution < 1.29 is 9.26 Å². The summed E-state index contributed by atoms with van der Waals surface area (Å²) in [5.74, 6) is 1.45. The van der Waals surface area contributed by atoms with Gasteiger partial charge in [0.2, 0.25) is 11.7 Å². The Bertz CT molecular complexity index is 458. The van der Waals surface area contributed by atoms with E-state index in [4.69, 9.17) is 9.26 Å². The van der Waals surface area contributed by atoms with Crippen molar-refractivity contribution in [3.63, 3.8) is 0 Å². The molecular weight excluding hydrogens is 256 g/mol. The van der Waals surface area contributed by atoms with Crippen LogP contribution in [0.3, 0.4) is 0 Å². The predicted molar refractivity (Wildman–Crippen MR) is 72.2 cm³/mol. The van der Waals surface area contributed by atoms with E-state index in [0.29, 0.717) is 6.04 Å². The molecule has 0 saturated carbocycles. The molecule has 3 fully saturated rings. The van der Waals surface area contributed by atoms with E-state index in [9.17, 15) is 0 Å². The first kappa shape index (κ1) is 12.7. The van der Waals surface area contributed by atoms with Crippen molar-refractivity contribution in [3.8, 4) is 0 Å². The second kappa shape index (κ2) is 5.42. The van der Waals surface area contributed by atoms with Gasteiger partial charge in [-0.2, -0.15) is 4.98 Å². The summed E-state index contributed by atoms with van der Waals surface area (Å²) in [4.78, 5) is 7.08. The first-order chi connectivity index (χ1) is 9.90. The second-order valence-corrected chi connectivity index (χ2v) is 6.11. The second-order valence-electron chi connectivity index (χ2n) is 6.11. The number of fused-ring (bicyclic) bond motifs is 1. The fourth-order valence-corrected chi connectivity index (χ4v) is 3.56. The van der Waals surface area contributed by atoms with Crippen LogP contribution in [-0.4, -0.2) is 47.3 Å². The quantitative estimate of drug-likeness (QED) is 0.882. The third-order valence-corrected chi connectivity index (χ3v) is 4.74. The van der Waals surface area contributed by atoms with Crippen molar-refractivity contribution in [2.24, 2.45) is 0 Å². The number of ether oxygens (including phenoxy) is 1. The van der Waals surface area contributed by atoms with E-state index in [0.717, 1.165) is 37.8 Å². The highest BCUT2D eigenvalue weighted by Crippen LogP contribution is 2.30. The molecule has 3 saturated heterocycles. The van der Waals surface area contributed by atoms with E-state index in [1.54, 1.807) is 0 Å². The Kier molecular flexibility index (Phi) is 3.45. The zero-order valence-electron chi connectivity index (χ0n) is 11.8. The fourth-order valence-electron chi connectivity index (χ4n) is 3.56. The van der Waals surface area contributed by atoms with E-state index in [-0.39, 0.29) is 12.1 Å². The van der Waals surface area contributed by atoms with Crippen molar-refractivity contribution in [2.45, 2.75) is 50.3 Å². The van der Waals surface area contributed by atoms with Gasteiger partial charge in [0, 0.05) is 12.6 Å². The fraction of sp³-hybridized carbons (Fsp3) is 0.857. The van der Waals surface area contributed by atoms with Crippen LogP contribution in [0.15, 0.2) is 4.52 Å². The topological polar surface area (TPSA) is 63.4 Å². The van der Waals surface area contributed by atoms with Gasteiger partial charge in [-0.05, 0) is 38.8 Å². The van der Waals surface area contributed by atoms with E-state index >= 15 is 0 Å². The van der Waals surface area contributed by atoms with Gasteiger partial charge in [-0.3, -0.25) is 4.90 Å². The van der Waals surface area contributed by atoms with Crippen LogP contribution in [0.5, 0.6) is 0 Å². The first-order valence-corrected chi connectivity index (χ1v) is 7.83. The Labute approximate surface area is 118 Å². The van der Waals surface area contributed by atoms with Crippen LogP contribution < -0.4 is 5.32 Å². The van der Waals surface area contributed by atoms with Crippen molar-refractivity contribution >= 4 is 0 Å². The Hall–Kier alpha value is -0.980. The molecule has 3 atom stereocenters. The maximum absolute atomic E-state index is 5.93. The molecule has 4 rings (SSSR count). The average Bonchev–Trinajstić information content (AvgIpc) is 3.16. The lowest BCUT2D eigenvalue weighted by Crippen LogP contribution is -2.42. The number of aromatic nitrogens is 2. The van der Waals surface area contributed by atoms with Gasteiger partial charge in [0.15, 0.2) is 0 Å². The van der Waals surface area contributed by atoms with E-state index in [1.165, 1.54) is 32.2 Å². The maximum Gasteiger partial charge on any atom is 0.243 e. The molecule has 0 aromatic carbocycles. The molecule has 0 radical (unpaired) electrons. The molecule has 0 spiro atoms. The summed E-state index contributed by atoms with van der Waals surface area (Å²) in [7, 11) is 0. The molecule has 2 unspecified atom stereocenters. The van der Waals surface area contributed by atoms with E-state index in [2.05, 4.69) is 20.4 Å². The summed E-state index contributed by atoms with van der Waals surface area (Å²) in [5.41, 5.74) is 0. The molecule has 4 heterocycles. The molecule has 0 aliphatic carbocycles. The highest BCUT2D eigenvalue weighted by Gasteiger charge is 2.35. The van der Waals surface area contributed by atoms with Gasteiger partial charge >= 0.3 is 0 Å². The van der Waals surface area contributed by atoms with Gasteiger partial charge in [-0.15, -0.1) is 0 Å². The molecule has 0 bridgehead atoms. The Morgan fingerprint density at radius 1 is 1.20 bits per heavy atom. The highest BCUT2D eigenvalue weighted by atomic mass is 16.5. The number of hydrogen-bond donors (Lipinski definition) is 1. The van der Waals surface area contributed by atoms with E-state index < -0.39 is 0 Å². The van der Waals surface area contributed by atoms with Gasteiger partial charge in [0.05, 0.1) is 12.6 Å². The summed E-state index contributed by atoms with van der Waals surface area (Å²) in [6.45, 7) is 3.93. The Morgan fingerprint density at radius 2 is 2.20 bits per heavy atom. The molecule has 6 nitrogen and oxygen atoms in total. The Morgan fingerprint density at radius 3 is 3.10 bits per heavy atom. The lowest BCUT2D eigenvalue weighted by Gasteiger charge is -2.33. The van der Waals surface area contributed by atoms with Crippen LogP contribution in [0, 0.1) is 0 Å². The minimum atomic E-state index is -0.0227. The van der Waals surface area contributed by atoms with Gasteiger partial charge < -0.3 is 14.6 Å². The van der Waals surface area contributed by atoms with Gasteiger partial charge in [-0.1, -0.05) is 11.6 Å². The highest BCUT2D eigenvalue weighted by molar-refractivity contribution is 5.00. The largest absolute Gasteiger partial charge is 0.367 e. The monoisotopic (exact) mass is 278 g/mol. The van der Waals surface area contributed by atoms with Crippen molar-refractivity contribution in [3.05, 3.63) is 11.7 Å². The SMILES string of the molecule is C1CC[C@@H](c2nc(C3CN4CCCC4CO3)no2)NC1. The molecular formula is C14H22N4O2. The van der Waals surface area contributed by atoms with Crippen LogP contribution in [-0.2, 0) is 4.74 Å². The standard InChI is InChI=1S/C14H22N4O2/c1-2-6-15-11(5-1)14-16-13(17-20-14)12-8-18-7-3-4-10(18)9-19-12/h10-12,15H,1-9H2/t10?,11-,12?/m0/s1. The minimum absolute atomic E-state index is 0.0227. The lowest BCUT2D eigenvalue weighted by atomic mass is 10.1. The molecule has 20 heavy (non-hydrogen) atoms. The molecule has 1 aromatic heterocycles. The van der Waals surface area contributed by atoms with Crippen LogP contribution in [0.2, 0.25) is 0 Å². The molecule has 6 heteroatoms. The van der Waals surface area contributed by atoms with Gasteiger partial charge in [-0.25, -0.2) is 0 Å². The zero-order valence-corrected chi connectivity index (χ0v) is 11.8. The normalized spacial score (nSPS) is 35.1. The number of rotatable bonds is 2. The van der Waals surface area contributed by atoms with Crippen LogP contribution in [0.4, 0.5) is 0 Å². The van der Waals surface area contributed by atoms with Crippen molar-refractivity contribution in [1.29, 1.82) is 0 Å². The summed E-state index contributed by atoms with van der Waals surface area (Å²) in [6, 6.07) is 0.839. The molecule has 110 valence electrons. The molecule has 1 N–H and O–H groups in total. The summed E-state index contributed by atoms with van der Waals surface area (Å²) in [6.07, 6.45) is 6.07. The molecule has 0 amide bonds. The van der Waals surface area contributed by atoms with Crippen molar-refractivity contribution in [1.82, 2.24) is 20.4 Å². The van der Waals surface area contributed by atoms with Crippen LogP contribution in [0.25, 0.3) is 0 Å². The molecule has 1 aromatic rings. The summed E-state index contributed by atoms with van der Waals surface area (Å²) in [5, 5.41) is 7.59. The van der Waals surface area contributed by atoms with Crippen molar-refractivity contribution in [2.75, 3.05) is 26.2 Å². The smallest absolute Gasteiger partial charge is 0.243 e. The number of hydrogen-bond acceptors (Lipinski definition) is 6. The number of nitrogens with one attached hydrogen (secondary N) is 1. The Balaban J connectivity index is 1.44. The first-order valence-electron chi connectivity index (χ1n) is 7.83. The van der Waals surface area contributed by atoms with Crippen LogP contribution >= 0.6 is 0 Å². The maximum atomic E-state index is 5.93. The third kappa shape index (κ3) is 2.36. The zero-order chi connectivity index (χ0) is 13.4. The number of piperidine rings is 1. The third-order valence-electron chi connectivity index (χ3n) is 4.74. The number of nitrogens with zero attached hydrogens (tertiary/aromatic N) is 3. The van der Waals surface area contributed by atoms with E-state index in [1.807, 2.05) is 0 Å². The number of morpholine rings is 1. The minimum Gasteiger partial charge on any atom is -0.367 e. The molecule has 3 aliphatic heterocycles. The predicted octanol–water partition coefficient (Wildman–Crippen LogP) is 1.42. The van der Waals surface area contributed by atoms with Gasteiger partial charge in [0.25, 0.3) is 0 Å².